The first-order chi connectivity index (χ1) is 10.6. The molecule has 3 aromatic rings. The summed E-state index contributed by atoms with van der Waals surface area (Å²) in [4.78, 5) is 12.4. The minimum atomic E-state index is -0.213. The molecule has 0 aliphatic carbocycles. The fourth-order valence-corrected chi connectivity index (χ4v) is 2.29. The van der Waals surface area contributed by atoms with Crippen molar-refractivity contribution in [1.82, 2.24) is 0 Å². The predicted molar refractivity (Wildman–Crippen MR) is 85.1 cm³/mol. The molecule has 0 atom stereocenters. The molecule has 22 heavy (non-hydrogen) atoms. The number of carbonyl (C=O) groups is 1. The normalized spacial score (nSPS) is 10.4. The van der Waals surface area contributed by atoms with Crippen LogP contribution in [0.5, 0.6) is 11.5 Å². The number of para-hydroxylation sites is 1. The van der Waals surface area contributed by atoms with Crippen LogP contribution >= 0.6 is 0 Å². The summed E-state index contributed by atoms with van der Waals surface area (Å²) in [6, 6.07) is 20.5. The number of benzene rings is 3. The van der Waals surface area contributed by atoms with Gasteiger partial charge in [-0.3, -0.25) is 4.79 Å². The van der Waals surface area contributed by atoms with E-state index in [1.165, 1.54) is 6.07 Å². The second-order valence-electron chi connectivity index (χ2n) is 4.97. The number of hydrogen-bond acceptors (Lipinski definition) is 3. The Hall–Kier alpha value is -3.07. The fourth-order valence-electron chi connectivity index (χ4n) is 2.29. The SMILES string of the molecule is O=C(c1ccc(-c2ccc(O)cc2)cc1)c1ccccc1O. The molecule has 0 bridgehead atoms. The number of ketones is 1. The van der Waals surface area contributed by atoms with Gasteiger partial charge in [-0.05, 0) is 35.4 Å². The summed E-state index contributed by atoms with van der Waals surface area (Å²) in [5.74, 6) is -0.0134. The summed E-state index contributed by atoms with van der Waals surface area (Å²) >= 11 is 0. The largest absolute Gasteiger partial charge is 0.508 e. The van der Waals surface area contributed by atoms with Gasteiger partial charge in [0, 0.05) is 5.56 Å². The molecule has 0 spiro atoms. The Kier molecular flexibility index (Phi) is 3.62. The van der Waals surface area contributed by atoms with Crippen molar-refractivity contribution in [2.45, 2.75) is 0 Å². The lowest BCUT2D eigenvalue weighted by Gasteiger charge is -2.06. The Morgan fingerprint density at radius 3 is 1.82 bits per heavy atom. The van der Waals surface area contributed by atoms with Crippen molar-refractivity contribution in [2.75, 3.05) is 0 Å². The van der Waals surface area contributed by atoms with Crippen molar-refractivity contribution in [3.05, 3.63) is 83.9 Å². The molecule has 0 heterocycles. The van der Waals surface area contributed by atoms with Crippen LogP contribution in [0.2, 0.25) is 0 Å². The Bertz CT molecular complexity index is 803. The van der Waals surface area contributed by atoms with Crippen molar-refractivity contribution in [3.63, 3.8) is 0 Å². The zero-order valence-electron chi connectivity index (χ0n) is 11.7. The molecular weight excluding hydrogens is 276 g/mol. The Balaban J connectivity index is 1.90. The van der Waals surface area contributed by atoms with Gasteiger partial charge < -0.3 is 10.2 Å². The van der Waals surface area contributed by atoms with Crippen LogP contribution in [0, 0.1) is 0 Å². The smallest absolute Gasteiger partial charge is 0.196 e. The first-order valence-corrected chi connectivity index (χ1v) is 6.87. The highest BCUT2D eigenvalue weighted by atomic mass is 16.3. The third-order valence-electron chi connectivity index (χ3n) is 3.50. The first-order valence-electron chi connectivity index (χ1n) is 6.87. The summed E-state index contributed by atoms with van der Waals surface area (Å²) in [6.45, 7) is 0. The summed E-state index contributed by atoms with van der Waals surface area (Å²) in [7, 11) is 0. The van der Waals surface area contributed by atoms with E-state index in [2.05, 4.69) is 0 Å². The topological polar surface area (TPSA) is 57.5 Å². The quantitative estimate of drug-likeness (QED) is 0.717. The minimum absolute atomic E-state index is 0.0184. The van der Waals surface area contributed by atoms with Gasteiger partial charge in [0.05, 0.1) is 5.56 Å². The van der Waals surface area contributed by atoms with Crippen LogP contribution in [0.15, 0.2) is 72.8 Å². The van der Waals surface area contributed by atoms with Crippen molar-refractivity contribution in [3.8, 4) is 22.6 Å². The summed E-state index contributed by atoms with van der Waals surface area (Å²) in [5.41, 5.74) is 2.72. The summed E-state index contributed by atoms with van der Waals surface area (Å²) in [5, 5.41) is 19.1. The van der Waals surface area contributed by atoms with E-state index in [0.29, 0.717) is 11.1 Å². The molecule has 0 aliphatic rings. The Morgan fingerprint density at radius 1 is 0.682 bits per heavy atom. The minimum Gasteiger partial charge on any atom is -0.508 e. The fraction of sp³-hybridized carbons (Fsp3) is 0. The average molecular weight is 290 g/mol. The summed E-state index contributed by atoms with van der Waals surface area (Å²) in [6.07, 6.45) is 0. The van der Waals surface area contributed by atoms with Gasteiger partial charge in [-0.15, -0.1) is 0 Å². The lowest BCUT2D eigenvalue weighted by Crippen LogP contribution is -2.01. The van der Waals surface area contributed by atoms with E-state index in [1.54, 1.807) is 42.5 Å². The van der Waals surface area contributed by atoms with Crippen molar-refractivity contribution >= 4 is 5.78 Å². The molecule has 0 aromatic heterocycles. The molecule has 0 amide bonds. The maximum Gasteiger partial charge on any atom is 0.196 e. The second-order valence-corrected chi connectivity index (χ2v) is 4.97. The van der Waals surface area contributed by atoms with E-state index < -0.39 is 0 Å². The number of phenols is 2. The molecule has 0 saturated carbocycles. The van der Waals surface area contributed by atoms with Crippen LogP contribution < -0.4 is 0 Å². The van der Waals surface area contributed by atoms with Crippen molar-refractivity contribution in [2.24, 2.45) is 0 Å². The van der Waals surface area contributed by atoms with Crippen LogP contribution in [0.3, 0.4) is 0 Å². The van der Waals surface area contributed by atoms with Crippen LogP contribution in [-0.4, -0.2) is 16.0 Å². The zero-order chi connectivity index (χ0) is 15.5. The van der Waals surface area contributed by atoms with Crippen molar-refractivity contribution in [1.29, 1.82) is 0 Å². The molecule has 0 saturated heterocycles. The third-order valence-corrected chi connectivity index (χ3v) is 3.50. The highest BCUT2D eigenvalue weighted by Gasteiger charge is 2.12. The van der Waals surface area contributed by atoms with Crippen LogP contribution in [0.4, 0.5) is 0 Å². The lowest BCUT2D eigenvalue weighted by atomic mass is 9.99. The molecule has 3 rings (SSSR count). The Labute approximate surface area is 128 Å². The Morgan fingerprint density at radius 2 is 1.23 bits per heavy atom. The van der Waals surface area contributed by atoms with Crippen LogP contribution in [0.25, 0.3) is 11.1 Å². The van der Waals surface area contributed by atoms with Gasteiger partial charge in [-0.1, -0.05) is 48.5 Å². The number of phenolic OH excluding ortho intramolecular Hbond substituents is 2. The number of carbonyl (C=O) groups excluding carboxylic acids is 1. The molecule has 3 heteroatoms. The molecule has 108 valence electrons. The predicted octanol–water partition coefficient (Wildman–Crippen LogP) is 4.00. The van der Waals surface area contributed by atoms with Gasteiger partial charge in [0.1, 0.15) is 11.5 Å². The molecule has 0 aliphatic heterocycles. The maximum atomic E-state index is 12.4. The van der Waals surface area contributed by atoms with Gasteiger partial charge in [0.15, 0.2) is 5.78 Å². The molecule has 3 nitrogen and oxygen atoms in total. The van der Waals surface area contributed by atoms with Gasteiger partial charge in [0.2, 0.25) is 0 Å². The van der Waals surface area contributed by atoms with Crippen molar-refractivity contribution < 1.29 is 15.0 Å². The van der Waals surface area contributed by atoms with E-state index in [0.717, 1.165) is 11.1 Å². The van der Waals surface area contributed by atoms with Gasteiger partial charge in [0.25, 0.3) is 0 Å². The monoisotopic (exact) mass is 290 g/mol. The zero-order valence-corrected chi connectivity index (χ0v) is 11.7. The molecule has 0 radical (unpaired) electrons. The maximum absolute atomic E-state index is 12.4. The third kappa shape index (κ3) is 2.69. The van der Waals surface area contributed by atoms with E-state index in [9.17, 15) is 15.0 Å². The number of aromatic hydroxyl groups is 2. The van der Waals surface area contributed by atoms with Gasteiger partial charge in [-0.2, -0.15) is 0 Å². The average Bonchev–Trinajstić information content (AvgIpc) is 2.56. The number of hydrogen-bond donors (Lipinski definition) is 2. The van der Waals surface area contributed by atoms with E-state index >= 15 is 0 Å². The summed E-state index contributed by atoms with van der Waals surface area (Å²) < 4.78 is 0. The highest BCUT2D eigenvalue weighted by Crippen LogP contribution is 2.24. The lowest BCUT2D eigenvalue weighted by molar-refractivity contribution is 0.103. The highest BCUT2D eigenvalue weighted by molar-refractivity contribution is 6.10. The van der Waals surface area contributed by atoms with Gasteiger partial charge in [-0.25, -0.2) is 0 Å². The van der Waals surface area contributed by atoms with Crippen LogP contribution in [0.1, 0.15) is 15.9 Å². The van der Waals surface area contributed by atoms with E-state index in [1.807, 2.05) is 24.3 Å². The molecule has 0 unspecified atom stereocenters. The molecule has 0 fully saturated rings. The molecule has 3 aromatic carbocycles. The number of rotatable bonds is 3. The van der Waals surface area contributed by atoms with E-state index in [-0.39, 0.29) is 17.3 Å². The van der Waals surface area contributed by atoms with E-state index in [4.69, 9.17) is 0 Å². The standard InChI is InChI=1S/C19H14O3/c20-16-11-9-14(10-12-16)13-5-7-15(8-6-13)19(22)17-3-1-2-4-18(17)21/h1-12,20-21H. The second kappa shape index (κ2) is 5.74. The van der Waals surface area contributed by atoms with Crippen LogP contribution in [-0.2, 0) is 0 Å². The molecular formula is C19H14O3. The van der Waals surface area contributed by atoms with Gasteiger partial charge >= 0.3 is 0 Å². The molecule has 2 N–H and O–H groups in total. The first kappa shape index (κ1) is 13.9.